The lowest BCUT2D eigenvalue weighted by Gasteiger charge is -2.14. The van der Waals surface area contributed by atoms with Crippen molar-refractivity contribution in [1.82, 2.24) is 5.32 Å². The van der Waals surface area contributed by atoms with Gasteiger partial charge in [-0.15, -0.1) is 0 Å². The van der Waals surface area contributed by atoms with Gasteiger partial charge < -0.3 is 5.32 Å². The Bertz CT molecular complexity index is 542. The summed E-state index contributed by atoms with van der Waals surface area (Å²) in [6, 6.07) is 6.00. The fourth-order valence-electron chi connectivity index (χ4n) is 1.83. The van der Waals surface area contributed by atoms with Crippen LogP contribution in [-0.4, -0.2) is 21.1 Å². The Balaban J connectivity index is 2.41. The first-order valence-corrected chi connectivity index (χ1v) is 8.07. The van der Waals surface area contributed by atoms with Crippen LogP contribution < -0.4 is 10.5 Å². The minimum atomic E-state index is -4.10. The van der Waals surface area contributed by atoms with Crippen LogP contribution >= 0.6 is 0 Å². The highest BCUT2D eigenvalue weighted by molar-refractivity contribution is 7.89. The number of hydrogen-bond acceptors (Lipinski definition) is 3. The molecular formula is C13H19F3N2O2S. The van der Waals surface area contributed by atoms with Gasteiger partial charge in [-0.2, -0.15) is 13.2 Å². The summed E-state index contributed by atoms with van der Waals surface area (Å²) in [7, 11) is -3.71. The second-order valence-corrected chi connectivity index (χ2v) is 6.42. The van der Waals surface area contributed by atoms with Gasteiger partial charge in [-0.3, -0.25) is 0 Å². The number of alkyl halides is 3. The molecule has 0 heterocycles. The SMILES string of the molecule is CC(NCCCCC(F)(F)F)c1ccc(S(N)(=O)=O)cc1. The number of unbranched alkanes of at least 4 members (excludes halogenated alkanes) is 1. The van der Waals surface area contributed by atoms with Crippen LogP contribution in [0.4, 0.5) is 13.2 Å². The van der Waals surface area contributed by atoms with Crippen LogP contribution in [0.15, 0.2) is 29.2 Å². The predicted molar refractivity (Wildman–Crippen MR) is 74.1 cm³/mol. The maximum Gasteiger partial charge on any atom is 0.389 e. The van der Waals surface area contributed by atoms with Gasteiger partial charge in [0.05, 0.1) is 4.90 Å². The summed E-state index contributed by atoms with van der Waals surface area (Å²) < 4.78 is 58.1. The van der Waals surface area contributed by atoms with Crippen molar-refractivity contribution in [2.75, 3.05) is 6.54 Å². The number of sulfonamides is 1. The molecular weight excluding hydrogens is 305 g/mol. The number of primary sulfonamides is 1. The lowest BCUT2D eigenvalue weighted by Crippen LogP contribution is -2.20. The van der Waals surface area contributed by atoms with E-state index in [-0.39, 0.29) is 17.4 Å². The van der Waals surface area contributed by atoms with E-state index >= 15 is 0 Å². The van der Waals surface area contributed by atoms with E-state index in [9.17, 15) is 21.6 Å². The standard InChI is InChI=1S/C13H19F3N2O2S/c1-10(18-9-3-2-8-13(14,15)16)11-4-6-12(7-5-11)21(17,19)20/h4-7,10,18H,2-3,8-9H2,1H3,(H2,17,19,20). The Kier molecular flexibility index (Phi) is 6.18. The molecule has 4 nitrogen and oxygen atoms in total. The van der Waals surface area contributed by atoms with E-state index in [0.29, 0.717) is 13.0 Å². The van der Waals surface area contributed by atoms with Crippen molar-refractivity contribution in [3.63, 3.8) is 0 Å². The summed E-state index contributed by atoms with van der Waals surface area (Å²) >= 11 is 0. The van der Waals surface area contributed by atoms with Crippen molar-refractivity contribution in [1.29, 1.82) is 0 Å². The zero-order chi connectivity index (χ0) is 16.1. The Hall–Kier alpha value is -1.12. The average Bonchev–Trinajstić information content (AvgIpc) is 2.36. The van der Waals surface area contributed by atoms with E-state index < -0.39 is 22.6 Å². The number of halogens is 3. The lowest BCUT2D eigenvalue weighted by molar-refractivity contribution is -0.135. The summed E-state index contributed by atoms with van der Waals surface area (Å²) in [6.07, 6.45) is -4.35. The van der Waals surface area contributed by atoms with Crippen molar-refractivity contribution in [2.45, 2.75) is 43.3 Å². The van der Waals surface area contributed by atoms with E-state index in [1.807, 2.05) is 6.92 Å². The topological polar surface area (TPSA) is 72.2 Å². The molecule has 0 saturated carbocycles. The van der Waals surface area contributed by atoms with Gasteiger partial charge in [-0.1, -0.05) is 12.1 Å². The molecule has 0 aliphatic heterocycles. The van der Waals surface area contributed by atoms with Crippen LogP contribution in [0.2, 0.25) is 0 Å². The second kappa shape index (κ2) is 7.24. The fourth-order valence-corrected chi connectivity index (χ4v) is 2.35. The Morgan fingerprint density at radius 1 is 1.19 bits per heavy atom. The van der Waals surface area contributed by atoms with E-state index in [1.54, 1.807) is 12.1 Å². The maximum absolute atomic E-state index is 12.0. The number of rotatable bonds is 7. The molecule has 0 radical (unpaired) electrons. The third-order valence-corrected chi connectivity index (χ3v) is 3.98. The average molecular weight is 324 g/mol. The molecule has 0 aliphatic carbocycles. The molecule has 0 saturated heterocycles. The molecule has 120 valence electrons. The van der Waals surface area contributed by atoms with Gasteiger partial charge in [0, 0.05) is 12.5 Å². The maximum atomic E-state index is 12.0. The first kappa shape index (κ1) is 17.9. The van der Waals surface area contributed by atoms with Crippen LogP contribution in [0.1, 0.15) is 37.8 Å². The minimum Gasteiger partial charge on any atom is -0.310 e. The molecule has 1 aromatic carbocycles. The molecule has 21 heavy (non-hydrogen) atoms. The van der Waals surface area contributed by atoms with Crippen molar-refractivity contribution >= 4 is 10.0 Å². The van der Waals surface area contributed by atoms with Gasteiger partial charge in [-0.25, -0.2) is 13.6 Å². The Morgan fingerprint density at radius 2 is 1.76 bits per heavy atom. The molecule has 0 fully saturated rings. The van der Waals surface area contributed by atoms with Gasteiger partial charge in [0.25, 0.3) is 0 Å². The van der Waals surface area contributed by atoms with Gasteiger partial charge in [0.15, 0.2) is 0 Å². The third kappa shape index (κ3) is 6.92. The summed E-state index contributed by atoms with van der Waals surface area (Å²) in [5.74, 6) is 0. The minimum absolute atomic E-state index is 0.0311. The van der Waals surface area contributed by atoms with Crippen LogP contribution in [0.25, 0.3) is 0 Å². The van der Waals surface area contributed by atoms with Crippen molar-refractivity contribution in [3.8, 4) is 0 Å². The zero-order valence-electron chi connectivity index (χ0n) is 11.7. The second-order valence-electron chi connectivity index (χ2n) is 4.86. The number of nitrogens with two attached hydrogens (primary N) is 1. The molecule has 0 spiro atoms. The molecule has 0 bridgehead atoms. The molecule has 3 N–H and O–H groups in total. The normalized spacial score (nSPS) is 14.1. The van der Waals surface area contributed by atoms with E-state index in [0.717, 1.165) is 5.56 Å². The zero-order valence-corrected chi connectivity index (χ0v) is 12.5. The Morgan fingerprint density at radius 3 is 2.24 bits per heavy atom. The van der Waals surface area contributed by atoms with E-state index in [4.69, 9.17) is 5.14 Å². The molecule has 8 heteroatoms. The molecule has 0 amide bonds. The first-order valence-electron chi connectivity index (χ1n) is 6.52. The molecule has 1 atom stereocenters. The highest BCUT2D eigenvalue weighted by atomic mass is 32.2. The number of nitrogens with one attached hydrogen (secondary N) is 1. The van der Waals surface area contributed by atoms with Crippen LogP contribution in [-0.2, 0) is 10.0 Å². The summed E-state index contributed by atoms with van der Waals surface area (Å²) in [6.45, 7) is 2.32. The fraction of sp³-hybridized carbons (Fsp3) is 0.538. The number of hydrogen-bond donors (Lipinski definition) is 2. The highest BCUT2D eigenvalue weighted by Gasteiger charge is 2.25. The lowest BCUT2D eigenvalue weighted by atomic mass is 10.1. The molecule has 1 aromatic rings. The van der Waals surface area contributed by atoms with E-state index in [1.165, 1.54) is 12.1 Å². The summed E-state index contributed by atoms with van der Waals surface area (Å²) in [5.41, 5.74) is 0.846. The highest BCUT2D eigenvalue weighted by Crippen LogP contribution is 2.22. The predicted octanol–water partition coefficient (Wildman–Crippen LogP) is 2.72. The van der Waals surface area contributed by atoms with Gasteiger partial charge in [0.1, 0.15) is 0 Å². The molecule has 0 aliphatic rings. The quantitative estimate of drug-likeness (QED) is 0.758. The summed E-state index contributed by atoms with van der Waals surface area (Å²) in [4.78, 5) is 0.0311. The Labute approximate surface area is 122 Å². The molecule has 1 unspecified atom stereocenters. The number of benzene rings is 1. The smallest absolute Gasteiger partial charge is 0.310 e. The van der Waals surface area contributed by atoms with Crippen molar-refractivity contribution in [2.24, 2.45) is 5.14 Å². The van der Waals surface area contributed by atoms with E-state index in [2.05, 4.69) is 5.32 Å². The molecule has 0 aromatic heterocycles. The first-order chi connectivity index (χ1) is 9.59. The largest absolute Gasteiger partial charge is 0.389 e. The third-order valence-electron chi connectivity index (χ3n) is 3.05. The monoisotopic (exact) mass is 324 g/mol. The van der Waals surface area contributed by atoms with Gasteiger partial charge >= 0.3 is 6.18 Å². The molecule has 1 rings (SSSR count). The van der Waals surface area contributed by atoms with Crippen molar-refractivity contribution < 1.29 is 21.6 Å². The van der Waals surface area contributed by atoms with Crippen LogP contribution in [0.5, 0.6) is 0 Å². The van der Waals surface area contributed by atoms with Gasteiger partial charge in [-0.05, 0) is 44.0 Å². The summed E-state index contributed by atoms with van der Waals surface area (Å²) in [5, 5.41) is 8.09. The van der Waals surface area contributed by atoms with Crippen LogP contribution in [0.3, 0.4) is 0 Å². The van der Waals surface area contributed by atoms with Crippen molar-refractivity contribution in [3.05, 3.63) is 29.8 Å². The van der Waals surface area contributed by atoms with Gasteiger partial charge in [0.2, 0.25) is 10.0 Å². The van der Waals surface area contributed by atoms with Crippen LogP contribution in [0, 0.1) is 0 Å².